The average molecular weight is 343 g/mol. The molecular formula is C20H26N2OS. The highest BCUT2D eigenvalue weighted by atomic mass is 32.1. The number of hydrogen-bond donors (Lipinski definition) is 1. The largest absolute Gasteiger partial charge is 0.352 e. The van der Waals surface area contributed by atoms with Crippen LogP contribution < -0.4 is 5.32 Å². The Balaban J connectivity index is 1.49. The Morgan fingerprint density at radius 1 is 1.08 bits per heavy atom. The summed E-state index contributed by atoms with van der Waals surface area (Å²) in [5.74, 6) is 0.133. The van der Waals surface area contributed by atoms with Crippen molar-refractivity contribution >= 4 is 17.2 Å². The molecule has 1 aromatic carbocycles. The second-order valence-corrected chi connectivity index (χ2v) is 7.29. The number of nitrogens with zero attached hydrogens (tertiary/aromatic N) is 1. The average Bonchev–Trinajstić information content (AvgIpc) is 3.14. The lowest BCUT2D eigenvalue weighted by molar-refractivity contribution is -0.121. The van der Waals surface area contributed by atoms with Gasteiger partial charge in [0.25, 0.3) is 0 Å². The van der Waals surface area contributed by atoms with E-state index < -0.39 is 0 Å². The molecule has 0 radical (unpaired) electrons. The van der Waals surface area contributed by atoms with Gasteiger partial charge in [0, 0.05) is 19.5 Å². The molecule has 0 atom stereocenters. The predicted octanol–water partition coefficient (Wildman–Crippen LogP) is 3.98. The zero-order valence-electron chi connectivity index (χ0n) is 14.2. The first kappa shape index (κ1) is 17.2. The zero-order valence-corrected chi connectivity index (χ0v) is 15.0. The summed E-state index contributed by atoms with van der Waals surface area (Å²) in [7, 11) is 0. The number of benzene rings is 1. The molecule has 128 valence electrons. The van der Waals surface area contributed by atoms with Gasteiger partial charge in [-0.05, 0) is 65.9 Å². The van der Waals surface area contributed by atoms with Gasteiger partial charge in [-0.2, -0.15) is 11.3 Å². The van der Waals surface area contributed by atoms with Crippen molar-refractivity contribution in [2.45, 2.75) is 45.2 Å². The van der Waals surface area contributed by atoms with Gasteiger partial charge in [-0.15, -0.1) is 0 Å². The SMILES string of the molecule is O=C(CCc1ccsc1)NCc1ccccc1CN1CCCCC1. The Bertz CT molecular complexity index is 633. The van der Waals surface area contributed by atoms with Crippen molar-refractivity contribution < 1.29 is 4.79 Å². The summed E-state index contributed by atoms with van der Waals surface area (Å²) in [4.78, 5) is 14.6. The second-order valence-electron chi connectivity index (χ2n) is 6.51. The molecule has 0 spiro atoms. The minimum Gasteiger partial charge on any atom is -0.352 e. The lowest BCUT2D eigenvalue weighted by Gasteiger charge is -2.27. The number of amides is 1. The maximum atomic E-state index is 12.1. The Kier molecular flexibility index (Phi) is 6.44. The van der Waals surface area contributed by atoms with Crippen LogP contribution in [0.4, 0.5) is 0 Å². The molecule has 0 bridgehead atoms. The van der Waals surface area contributed by atoms with Crippen LogP contribution in [0.2, 0.25) is 0 Å². The van der Waals surface area contributed by atoms with E-state index in [-0.39, 0.29) is 5.91 Å². The van der Waals surface area contributed by atoms with Crippen molar-refractivity contribution in [3.8, 4) is 0 Å². The molecule has 0 saturated carbocycles. The van der Waals surface area contributed by atoms with Crippen molar-refractivity contribution in [2.24, 2.45) is 0 Å². The smallest absolute Gasteiger partial charge is 0.220 e. The molecule has 1 aliphatic rings. The molecule has 2 heterocycles. The summed E-state index contributed by atoms with van der Waals surface area (Å²) in [6.07, 6.45) is 5.36. The predicted molar refractivity (Wildman–Crippen MR) is 100 cm³/mol. The molecule has 3 nitrogen and oxygen atoms in total. The summed E-state index contributed by atoms with van der Waals surface area (Å²) in [6.45, 7) is 4.02. The van der Waals surface area contributed by atoms with Gasteiger partial charge >= 0.3 is 0 Å². The molecule has 2 aromatic rings. The number of rotatable bonds is 7. The topological polar surface area (TPSA) is 32.3 Å². The normalized spacial score (nSPS) is 15.3. The van der Waals surface area contributed by atoms with Crippen LogP contribution in [-0.4, -0.2) is 23.9 Å². The van der Waals surface area contributed by atoms with Crippen molar-refractivity contribution in [3.05, 3.63) is 57.8 Å². The van der Waals surface area contributed by atoms with Crippen LogP contribution in [0.15, 0.2) is 41.1 Å². The fourth-order valence-corrected chi connectivity index (χ4v) is 3.92. The number of carbonyl (C=O) groups excluding carboxylic acids is 1. The number of likely N-dealkylation sites (tertiary alicyclic amines) is 1. The molecule has 4 heteroatoms. The third kappa shape index (κ3) is 5.18. The Morgan fingerprint density at radius 3 is 2.62 bits per heavy atom. The van der Waals surface area contributed by atoms with Crippen molar-refractivity contribution in [1.82, 2.24) is 10.2 Å². The number of nitrogens with one attached hydrogen (secondary N) is 1. The number of carbonyl (C=O) groups is 1. The molecule has 1 fully saturated rings. The van der Waals surface area contributed by atoms with Gasteiger partial charge in [0.1, 0.15) is 0 Å². The van der Waals surface area contributed by atoms with Crippen molar-refractivity contribution in [1.29, 1.82) is 0 Å². The summed E-state index contributed by atoms with van der Waals surface area (Å²) in [5.41, 5.74) is 3.84. The van der Waals surface area contributed by atoms with E-state index in [9.17, 15) is 4.79 Å². The minimum atomic E-state index is 0.133. The standard InChI is InChI=1S/C20H26N2OS/c23-20(9-8-17-10-13-24-16-17)21-14-18-6-2-3-7-19(18)15-22-11-4-1-5-12-22/h2-3,6-7,10,13,16H,1,4-5,8-9,11-12,14-15H2,(H,21,23). The third-order valence-electron chi connectivity index (χ3n) is 4.66. The van der Waals surface area contributed by atoms with Crippen molar-refractivity contribution in [2.75, 3.05) is 13.1 Å². The molecule has 1 amide bonds. The molecule has 1 N–H and O–H groups in total. The highest BCUT2D eigenvalue weighted by molar-refractivity contribution is 7.07. The van der Waals surface area contributed by atoms with E-state index in [0.29, 0.717) is 13.0 Å². The van der Waals surface area contributed by atoms with Crippen LogP contribution in [0.3, 0.4) is 0 Å². The fourth-order valence-electron chi connectivity index (χ4n) is 3.22. The van der Waals surface area contributed by atoms with Crippen LogP contribution >= 0.6 is 11.3 Å². The Hall–Kier alpha value is -1.65. The first-order valence-corrected chi connectivity index (χ1v) is 9.82. The number of piperidine rings is 1. The van der Waals surface area contributed by atoms with E-state index in [4.69, 9.17) is 0 Å². The Morgan fingerprint density at radius 2 is 1.88 bits per heavy atom. The van der Waals surface area contributed by atoms with Gasteiger partial charge in [-0.25, -0.2) is 0 Å². The lowest BCUT2D eigenvalue weighted by Crippen LogP contribution is -2.30. The van der Waals surface area contributed by atoms with Gasteiger partial charge in [-0.1, -0.05) is 30.7 Å². The van der Waals surface area contributed by atoms with E-state index >= 15 is 0 Å². The van der Waals surface area contributed by atoms with Crippen LogP contribution in [0.1, 0.15) is 42.4 Å². The maximum Gasteiger partial charge on any atom is 0.220 e. The molecule has 1 aliphatic heterocycles. The molecular weight excluding hydrogens is 316 g/mol. The molecule has 0 unspecified atom stereocenters. The van der Waals surface area contributed by atoms with Crippen LogP contribution in [-0.2, 0) is 24.3 Å². The monoisotopic (exact) mass is 342 g/mol. The van der Waals surface area contributed by atoms with Crippen LogP contribution in [0, 0.1) is 0 Å². The van der Waals surface area contributed by atoms with Gasteiger partial charge < -0.3 is 5.32 Å². The number of hydrogen-bond acceptors (Lipinski definition) is 3. The fraction of sp³-hybridized carbons (Fsp3) is 0.450. The zero-order chi connectivity index (χ0) is 16.6. The highest BCUT2D eigenvalue weighted by Gasteiger charge is 2.12. The first-order valence-electron chi connectivity index (χ1n) is 8.88. The number of thiophene rings is 1. The quantitative estimate of drug-likeness (QED) is 0.825. The summed E-state index contributed by atoms with van der Waals surface area (Å²) in [6, 6.07) is 10.6. The van der Waals surface area contributed by atoms with Crippen LogP contribution in [0.25, 0.3) is 0 Å². The molecule has 1 saturated heterocycles. The van der Waals surface area contributed by atoms with Gasteiger partial charge in [0.15, 0.2) is 0 Å². The third-order valence-corrected chi connectivity index (χ3v) is 5.39. The second kappa shape index (κ2) is 9.00. The molecule has 1 aromatic heterocycles. The van der Waals surface area contributed by atoms with E-state index in [1.165, 1.54) is 49.0 Å². The molecule has 0 aliphatic carbocycles. The van der Waals surface area contributed by atoms with E-state index in [0.717, 1.165) is 13.0 Å². The van der Waals surface area contributed by atoms with Crippen molar-refractivity contribution in [3.63, 3.8) is 0 Å². The maximum absolute atomic E-state index is 12.1. The van der Waals surface area contributed by atoms with E-state index in [1.807, 2.05) is 0 Å². The summed E-state index contributed by atoms with van der Waals surface area (Å²) in [5, 5.41) is 7.26. The highest BCUT2D eigenvalue weighted by Crippen LogP contribution is 2.16. The molecule has 3 rings (SSSR count). The first-order chi connectivity index (χ1) is 11.8. The minimum absolute atomic E-state index is 0.133. The Labute approximate surface area is 148 Å². The van der Waals surface area contributed by atoms with E-state index in [2.05, 4.69) is 51.3 Å². The van der Waals surface area contributed by atoms with Gasteiger partial charge in [0.2, 0.25) is 5.91 Å². The number of aryl methyl sites for hydroxylation is 1. The van der Waals surface area contributed by atoms with Gasteiger partial charge in [0.05, 0.1) is 0 Å². The van der Waals surface area contributed by atoms with E-state index in [1.54, 1.807) is 11.3 Å². The molecule has 24 heavy (non-hydrogen) atoms. The van der Waals surface area contributed by atoms with Crippen LogP contribution in [0.5, 0.6) is 0 Å². The lowest BCUT2D eigenvalue weighted by atomic mass is 10.0. The summed E-state index contributed by atoms with van der Waals surface area (Å²) < 4.78 is 0. The summed E-state index contributed by atoms with van der Waals surface area (Å²) >= 11 is 1.68. The van der Waals surface area contributed by atoms with Gasteiger partial charge in [-0.3, -0.25) is 9.69 Å².